The molecule has 0 aliphatic rings. The largest absolute Gasteiger partial charge is 0.466 e. The lowest BCUT2D eigenvalue weighted by atomic mass is 10.0. The fourth-order valence-electron chi connectivity index (χ4n) is 9.24. The third-order valence-electron chi connectivity index (χ3n) is 13.9. The predicted octanol–water partition coefficient (Wildman–Crippen LogP) is 18.8. The quantitative estimate of drug-likeness (QED) is 0.0321. The van der Waals surface area contributed by atoms with Crippen LogP contribution in [-0.2, 0) is 14.3 Å². The molecule has 6 heteroatoms. The summed E-state index contributed by atoms with van der Waals surface area (Å²) in [5, 5.41) is 23.1. The number of nitrogens with one attached hydrogen (secondary N) is 1. The molecule has 0 aromatic rings. The molecule has 0 bridgehead atoms. The van der Waals surface area contributed by atoms with E-state index in [9.17, 15) is 19.8 Å². The van der Waals surface area contributed by atoms with Gasteiger partial charge in [0.2, 0.25) is 5.91 Å². The topological polar surface area (TPSA) is 95.9 Å². The minimum Gasteiger partial charge on any atom is -0.466 e. The lowest BCUT2D eigenvalue weighted by molar-refractivity contribution is -0.143. The number of esters is 1. The van der Waals surface area contributed by atoms with Crippen LogP contribution in [0.4, 0.5) is 0 Å². The van der Waals surface area contributed by atoms with Gasteiger partial charge in [-0.3, -0.25) is 9.59 Å². The Bertz CT molecular complexity index is 1100. The first-order valence-corrected chi connectivity index (χ1v) is 30.2. The van der Waals surface area contributed by atoms with Gasteiger partial charge in [-0.25, -0.2) is 0 Å². The van der Waals surface area contributed by atoms with Gasteiger partial charge in [0.05, 0.1) is 25.4 Å². The van der Waals surface area contributed by atoms with E-state index in [1.807, 2.05) is 0 Å². The molecule has 0 aliphatic carbocycles. The number of amides is 1. The smallest absolute Gasteiger partial charge is 0.305 e. The predicted molar refractivity (Wildman–Crippen MR) is 296 cm³/mol. The average molecular weight is 957 g/mol. The summed E-state index contributed by atoms with van der Waals surface area (Å²) in [5.41, 5.74) is 0. The van der Waals surface area contributed by atoms with Gasteiger partial charge in [0.15, 0.2) is 0 Å². The van der Waals surface area contributed by atoms with E-state index in [1.54, 1.807) is 0 Å². The first-order chi connectivity index (χ1) is 33.5. The molecule has 0 aromatic heterocycles. The van der Waals surface area contributed by atoms with Gasteiger partial charge in [0, 0.05) is 12.8 Å². The number of rotatable bonds is 56. The normalized spacial score (nSPS) is 12.8. The van der Waals surface area contributed by atoms with Crippen LogP contribution in [-0.4, -0.2) is 47.4 Å². The van der Waals surface area contributed by atoms with E-state index >= 15 is 0 Å². The second-order valence-electron chi connectivity index (χ2n) is 20.7. The molecule has 0 radical (unpaired) electrons. The Morgan fingerprint density at radius 1 is 0.412 bits per heavy atom. The van der Waals surface area contributed by atoms with Crippen molar-refractivity contribution < 1.29 is 24.5 Å². The lowest BCUT2D eigenvalue weighted by Gasteiger charge is -2.22. The molecule has 2 atom stereocenters. The summed E-state index contributed by atoms with van der Waals surface area (Å²) < 4.78 is 5.47. The molecule has 400 valence electrons. The maximum absolute atomic E-state index is 12.4. The van der Waals surface area contributed by atoms with Crippen LogP contribution < -0.4 is 5.32 Å². The molecular formula is C62H117NO5. The summed E-state index contributed by atoms with van der Waals surface area (Å²) in [7, 11) is 0. The number of ether oxygens (including phenoxy) is 1. The highest BCUT2D eigenvalue weighted by atomic mass is 16.5. The Hall–Kier alpha value is -1.92. The third kappa shape index (κ3) is 53.4. The van der Waals surface area contributed by atoms with Gasteiger partial charge < -0.3 is 20.3 Å². The van der Waals surface area contributed by atoms with E-state index in [2.05, 4.69) is 55.6 Å². The Balaban J connectivity index is 3.35. The van der Waals surface area contributed by atoms with Crippen molar-refractivity contribution in [2.24, 2.45) is 0 Å². The molecule has 0 rings (SSSR count). The number of unbranched alkanes of at least 4 members (excludes halogenated alkanes) is 39. The van der Waals surface area contributed by atoms with Crippen molar-refractivity contribution in [3.8, 4) is 0 Å². The summed E-state index contributed by atoms with van der Waals surface area (Å²) in [6.45, 7) is 4.89. The van der Waals surface area contributed by atoms with Crippen LogP contribution in [0.3, 0.4) is 0 Å². The molecule has 0 saturated heterocycles. The van der Waals surface area contributed by atoms with Crippen molar-refractivity contribution in [2.75, 3.05) is 13.2 Å². The fraction of sp³-hybridized carbons (Fsp3) is 0.871. The van der Waals surface area contributed by atoms with Crippen LogP contribution in [0.15, 0.2) is 36.5 Å². The van der Waals surface area contributed by atoms with E-state index in [0.29, 0.717) is 25.9 Å². The van der Waals surface area contributed by atoms with Gasteiger partial charge >= 0.3 is 5.97 Å². The zero-order valence-electron chi connectivity index (χ0n) is 45.6. The standard InChI is InChI=1S/C62H117NO5/c1-3-5-7-9-11-13-14-15-33-36-40-44-48-52-56-62(67)68-57-53-49-45-41-37-34-31-29-27-25-23-21-19-17-16-18-20-22-24-26-28-30-32-35-39-43-47-51-55-61(66)63-59(58-64)60(65)54-50-46-42-38-12-10-8-6-4-2/h9,11,14-17,59-60,64-65H,3-8,10,12-13,18-58H2,1-2H3,(H,63,66)/b11-9-,15-14-,17-16-. The first-order valence-electron chi connectivity index (χ1n) is 30.2. The lowest BCUT2D eigenvalue weighted by Crippen LogP contribution is -2.45. The fourth-order valence-corrected chi connectivity index (χ4v) is 9.24. The zero-order chi connectivity index (χ0) is 49.3. The highest BCUT2D eigenvalue weighted by Gasteiger charge is 2.20. The Labute approximate surface area is 424 Å². The third-order valence-corrected chi connectivity index (χ3v) is 13.9. The molecule has 3 N–H and O–H groups in total. The molecule has 0 aromatic carbocycles. The van der Waals surface area contributed by atoms with Gasteiger partial charge in [0.1, 0.15) is 0 Å². The van der Waals surface area contributed by atoms with Crippen molar-refractivity contribution in [3.05, 3.63) is 36.5 Å². The van der Waals surface area contributed by atoms with Gasteiger partial charge in [-0.2, -0.15) is 0 Å². The average Bonchev–Trinajstić information content (AvgIpc) is 3.34. The molecule has 1 amide bonds. The van der Waals surface area contributed by atoms with Crippen LogP contribution >= 0.6 is 0 Å². The van der Waals surface area contributed by atoms with E-state index in [1.165, 1.54) is 238 Å². The van der Waals surface area contributed by atoms with Crippen molar-refractivity contribution >= 4 is 11.9 Å². The number of aliphatic hydroxyl groups is 2. The van der Waals surface area contributed by atoms with Crippen LogP contribution in [0.2, 0.25) is 0 Å². The summed E-state index contributed by atoms with van der Waals surface area (Å²) in [5.74, 6) is -0.0362. The van der Waals surface area contributed by atoms with Gasteiger partial charge in [0.25, 0.3) is 0 Å². The van der Waals surface area contributed by atoms with E-state index in [-0.39, 0.29) is 18.5 Å². The summed E-state index contributed by atoms with van der Waals surface area (Å²) >= 11 is 0. The SMILES string of the molecule is CCCC/C=C\C/C=C\CCCCCCCC(=O)OCCCCCCCCCCCCCC/C=C\CCCCCCCCCCCCCCC(=O)NC(CO)C(O)CCCCCCCCCCC. The Morgan fingerprint density at radius 2 is 0.750 bits per heavy atom. The Kier molecular flexibility index (Phi) is 56.0. The summed E-state index contributed by atoms with van der Waals surface area (Å²) in [4.78, 5) is 24.4. The monoisotopic (exact) mass is 956 g/mol. The highest BCUT2D eigenvalue weighted by molar-refractivity contribution is 5.76. The van der Waals surface area contributed by atoms with E-state index < -0.39 is 12.1 Å². The van der Waals surface area contributed by atoms with E-state index in [4.69, 9.17) is 4.74 Å². The van der Waals surface area contributed by atoms with Crippen molar-refractivity contribution in [1.29, 1.82) is 0 Å². The number of carbonyl (C=O) groups is 2. The first kappa shape index (κ1) is 66.1. The van der Waals surface area contributed by atoms with Crippen LogP contribution in [0.25, 0.3) is 0 Å². The minimum absolute atomic E-state index is 0.000879. The second-order valence-corrected chi connectivity index (χ2v) is 20.7. The number of hydrogen-bond acceptors (Lipinski definition) is 5. The molecule has 6 nitrogen and oxygen atoms in total. The van der Waals surface area contributed by atoms with E-state index in [0.717, 1.165) is 51.4 Å². The second kappa shape index (κ2) is 57.7. The van der Waals surface area contributed by atoms with Gasteiger partial charge in [-0.05, 0) is 77.0 Å². The molecule has 0 fully saturated rings. The number of allylic oxidation sites excluding steroid dienone is 6. The molecular weight excluding hydrogens is 839 g/mol. The molecule has 0 heterocycles. The molecule has 0 spiro atoms. The van der Waals surface area contributed by atoms with Crippen LogP contribution in [0.5, 0.6) is 0 Å². The van der Waals surface area contributed by atoms with Crippen LogP contribution in [0, 0.1) is 0 Å². The number of aliphatic hydroxyl groups excluding tert-OH is 2. The molecule has 2 unspecified atom stereocenters. The van der Waals surface area contributed by atoms with Crippen LogP contribution in [0.1, 0.15) is 322 Å². The van der Waals surface area contributed by atoms with Crippen molar-refractivity contribution in [1.82, 2.24) is 5.32 Å². The molecule has 0 aliphatic heterocycles. The van der Waals surface area contributed by atoms with Gasteiger partial charge in [-0.1, -0.05) is 269 Å². The maximum Gasteiger partial charge on any atom is 0.305 e. The zero-order valence-corrected chi connectivity index (χ0v) is 45.6. The molecule has 68 heavy (non-hydrogen) atoms. The summed E-state index contributed by atoms with van der Waals surface area (Å²) in [6.07, 6.45) is 71.7. The summed E-state index contributed by atoms with van der Waals surface area (Å²) in [6, 6.07) is -0.539. The van der Waals surface area contributed by atoms with Crippen molar-refractivity contribution in [2.45, 2.75) is 334 Å². The number of carbonyl (C=O) groups excluding carboxylic acids is 2. The molecule has 0 saturated carbocycles. The highest BCUT2D eigenvalue weighted by Crippen LogP contribution is 2.17. The minimum atomic E-state index is -0.662. The van der Waals surface area contributed by atoms with Gasteiger partial charge in [-0.15, -0.1) is 0 Å². The maximum atomic E-state index is 12.4. The Morgan fingerprint density at radius 3 is 1.18 bits per heavy atom. The number of hydrogen-bond donors (Lipinski definition) is 3. The van der Waals surface area contributed by atoms with Crippen molar-refractivity contribution in [3.63, 3.8) is 0 Å².